The number of hydrogen-bond donors (Lipinski definition) is 3. The fourth-order valence-corrected chi connectivity index (χ4v) is 2.70. The summed E-state index contributed by atoms with van der Waals surface area (Å²) in [5.41, 5.74) is 1.74. The van der Waals surface area contributed by atoms with E-state index in [1.807, 2.05) is 13.1 Å². The molecule has 0 fully saturated rings. The first-order valence-electron chi connectivity index (χ1n) is 8.73. The van der Waals surface area contributed by atoms with Gasteiger partial charge in [-0.3, -0.25) is 9.67 Å². The second-order valence-corrected chi connectivity index (χ2v) is 5.96. The van der Waals surface area contributed by atoms with Crippen molar-refractivity contribution in [1.29, 1.82) is 0 Å². The lowest BCUT2D eigenvalue weighted by Gasteiger charge is -2.12. The molecule has 8 nitrogen and oxygen atoms in total. The summed E-state index contributed by atoms with van der Waals surface area (Å²) in [6.07, 6.45) is 3.99. The van der Waals surface area contributed by atoms with E-state index in [4.69, 9.17) is 0 Å². The zero-order valence-corrected chi connectivity index (χ0v) is 18.1. The van der Waals surface area contributed by atoms with Crippen LogP contribution in [0.1, 0.15) is 5.56 Å². The highest BCUT2D eigenvalue weighted by atomic mass is 127. The van der Waals surface area contributed by atoms with Gasteiger partial charge in [0.15, 0.2) is 11.6 Å². The molecular weight excluding hydrogens is 474 g/mol. The van der Waals surface area contributed by atoms with E-state index in [0.29, 0.717) is 25.6 Å². The molecule has 2 aromatic heterocycles. The molecule has 0 unspecified atom stereocenters. The summed E-state index contributed by atoms with van der Waals surface area (Å²) in [6.45, 7) is 1.98. The number of halogens is 2. The summed E-state index contributed by atoms with van der Waals surface area (Å²) in [5, 5.41) is 14.8. The standard InChI is InChI=1S/C18H23FN8.HI/c1-20-18(22-7-6-13-4-3-5-14(19)10-13)23-9-8-21-16-15-11-26-27(2)17(15)25-12-24-16;/h3-5,10-12H,6-9H2,1-2H3,(H2,20,22,23)(H,21,24,25);1H. The van der Waals surface area contributed by atoms with Crippen molar-refractivity contribution in [3.8, 4) is 0 Å². The predicted octanol–water partition coefficient (Wildman–Crippen LogP) is 1.94. The van der Waals surface area contributed by atoms with Crippen molar-refractivity contribution in [2.45, 2.75) is 6.42 Å². The molecule has 0 saturated carbocycles. The van der Waals surface area contributed by atoms with Gasteiger partial charge in [0.05, 0.1) is 11.6 Å². The maximum absolute atomic E-state index is 13.2. The van der Waals surface area contributed by atoms with Crippen LogP contribution in [0.3, 0.4) is 0 Å². The Bertz CT molecular complexity index is 927. The number of anilines is 1. The van der Waals surface area contributed by atoms with Crippen LogP contribution in [0.5, 0.6) is 0 Å². The Hall–Kier alpha value is -2.50. The van der Waals surface area contributed by atoms with Crippen molar-refractivity contribution in [2.75, 3.05) is 32.0 Å². The van der Waals surface area contributed by atoms with E-state index < -0.39 is 0 Å². The third-order valence-electron chi connectivity index (χ3n) is 4.06. The first kappa shape index (κ1) is 21.8. The SMILES string of the molecule is CN=C(NCCNc1ncnc2c1cnn2C)NCCc1cccc(F)c1.I. The van der Waals surface area contributed by atoms with Crippen LogP contribution >= 0.6 is 24.0 Å². The van der Waals surface area contributed by atoms with Gasteiger partial charge in [0.25, 0.3) is 0 Å². The third kappa shape index (κ3) is 5.75. The summed E-state index contributed by atoms with van der Waals surface area (Å²) in [4.78, 5) is 12.7. The monoisotopic (exact) mass is 498 g/mol. The molecule has 0 aliphatic carbocycles. The third-order valence-corrected chi connectivity index (χ3v) is 4.06. The number of benzene rings is 1. The summed E-state index contributed by atoms with van der Waals surface area (Å²) < 4.78 is 14.9. The number of fused-ring (bicyclic) bond motifs is 1. The number of guanidine groups is 1. The van der Waals surface area contributed by atoms with E-state index in [2.05, 4.69) is 36.0 Å². The number of nitrogens with one attached hydrogen (secondary N) is 3. The van der Waals surface area contributed by atoms with Crippen LogP contribution in [0.4, 0.5) is 10.2 Å². The van der Waals surface area contributed by atoms with Crippen molar-refractivity contribution >= 4 is 46.8 Å². The molecule has 0 aliphatic rings. The first-order chi connectivity index (χ1) is 13.2. The van der Waals surface area contributed by atoms with Crippen molar-refractivity contribution in [3.05, 3.63) is 48.2 Å². The number of rotatable bonds is 7. The van der Waals surface area contributed by atoms with Gasteiger partial charge in [0, 0.05) is 33.7 Å². The van der Waals surface area contributed by atoms with Gasteiger partial charge in [-0.25, -0.2) is 14.4 Å². The first-order valence-corrected chi connectivity index (χ1v) is 8.73. The molecule has 2 heterocycles. The van der Waals surface area contributed by atoms with E-state index in [0.717, 1.165) is 28.8 Å². The number of aliphatic imine (C=N–C) groups is 1. The molecule has 0 atom stereocenters. The largest absolute Gasteiger partial charge is 0.368 e. The normalized spacial score (nSPS) is 11.2. The Morgan fingerprint density at radius 3 is 2.79 bits per heavy atom. The molecule has 1 aromatic carbocycles. The lowest BCUT2D eigenvalue weighted by molar-refractivity contribution is 0.625. The second kappa shape index (κ2) is 10.7. The van der Waals surface area contributed by atoms with Crippen LogP contribution in [0.25, 0.3) is 11.0 Å². The van der Waals surface area contributed by atoms with E-state index in [1.54, 1.807) is 30.1 Å². The van der Waals surface area contributed by atoms with Crippen LogP contribution in [0.15, 0.2) is 41.8 Å². The van der Waals surface area contributed by atoms with E-state index in [1.165, 1.54) is 12.4 Å². The average molecular weight is 498 g/mol. The van der Waals surface area contributed by atoms with E-state index >= 15 is 0 Å². The quantitative estimate of drug-likeness (QED) is 0.200. The van der Waals surface area contributed by atoms with Gasteiger partial charge in [-0.1, -0.05) is 12.1 Å². The van der Waals surface area contributed by atoms with E-state index in [-0.39, 0.29) is 29.8 Å². The Morgan fingerprint density at radius 1 is 1.18 bits per heavy atom. The molecule has 0 saturated heterocycles. The maximum Gasteiger partial charge on any atom is 0.191 e. The molecule has 3 N–H and O–H groups in total. The Balaban J connectivity index is 0.00000280. The van der Waals surface area contributed by atoms with Gasteiger partial charge in [0.2, 0.25) is 0 Å². The lowest BCUT2D eigenvalue weighted by atomic mass is 10.1. The van der Waals surface area contributed by atoms with E-state index in [9.17, 15) is 4.39 Å². The summed E-state index contributed by atoms with van der Waals surface area (Å²) >= 11 is 0. The lowest BCUT2D eigenvalue weighted by Crippen LogP contribution is -2.40. The molecule has 0 spiro atoms. The number of hydrogen-bond acceptors (Lipinski definition) is 5. The number of aromatic nitrogens is 4. The van der Waals surface area contributed by atoms with Gasteiger partial charge < -0.3 is 16.0 Å². The number of nitrogens with zero attached hydrogens (tertiary/aromatic N) is 5. The minimum absolute atomic E-state index is 0. The summed E-state index contributed by atoms with van der Waals surface area (Å²) in [5.74, 6) is 1.24. The molecular formula is C18H24FIN8. The van der Waals surface area contributed by atoms with Gasteiger partial charge in [0.1, 0.15) is 18.0 Å². The van der Waals surface area contributed by atoms with Crippen LogP contribution in [-0.2, 0) is 13.5 Å². The topological polar surface area (TPSA) is 92.1 Å². The minimum Gasteiger partial charge on any atom is -0.368 e. The van der Waals surface area contributed by atoms with Gasteiger partial charge in [-0.2, -0.15) is 5.10 Å². The molecule has 0 radical (unpaired) electrons. The van der Waals surface area contributed by atoms with Crippen molar-refractivity contribution in [3.63, 3.8) is 0 Å². The van der Waals surface area contributed by atoms with Crippen LogP contribution < -0.4 is 16.0 Å². The molecule has 3 aromatic rings. The highest BCUT2D eigenvalue weighted by Crippen LogP contribution is 2.16. The minimum atomic E-state index is -0.214. The predicted molar refractivity (Wildman–Crippen MR) is 120 cm³/mol. The molecule has 150 valence electrons. The van der Waals surface area contributed by atoms with Crippen LogP contribution in [-0.4, -0.2) is 52.4 Å². The van der Waals surface area contributed by atoms with Crippen molar-refractivity contribution in [1.82, 2.24) is 30.4 Å². The van der Waals surface area contributed by atoms with Crippen LogP contribution in [0, 0.1) is 5.82 Å². The van der Waals surface area contributed by atoms with Gasteiger partial charge >= 0.3 is 0 Å². The molecule has 0 amide bonds. The maximum atomic E-state index is 13.2. The van der Waals surface area contributed by atoms with Crippen LogP contribution in [0.2, 0.25) is 0 Å². The van der Waals surface area contributed by atoms with Crippen molar-refractivity contribution < 1.29 is 4.39 Å². The van der Waals surface area contributed by atoms with Gasteiger partial charge in [-0.05, 0) is 24.1 Å². The smallest absolute Gasteiger partial charge is 0.191 e. The Kier molecular flexibility index (Phi) is 8.36. The highest BCUT2D eigenvalue weighted by molar-refractivity contribution is 14.0. The fourth-order valence-electron chi connectivity index (χ4n) is 2.70. The Labute approximate surface area is 180 Å². The fraction of sp³-hybridized carbons (Fsp3) is 0.333. The molecule has 0 aliphatic heterocycles. The van der Waals surface area contributed by atoms with Gasteiger partial charge in [-0.15, -0.1) is 24.0 Å². The average Bonchev–Trinajstić information content (AvgIpc) is 3.05. The summed E-state index contributed by atoms with van der Waals surface area (Å²) in [7, 11) is 3.56. The second-order valence-electron chi connectivity index (χ2n) is 5.96. The highest BCUT2D eigenvalue weighted by Gasteiger charge is 2.07. The number of aryl methyl sites for hydroxylation is 1. The zero-order chi connectivity index (χ0) is 19.1. The molecule has 28 heavy (non-hydrogen) atoms. The van der Waals surface area contributed by atoms with Crippen molar-refractivity contribution in [2.24, 2.45) is 12.0 Å². The Morgan fingerprint density at radius 2 is 2.00 bits per heavy atom. The molecule has 10 heteroatoms. The molecule has 0 bridgehead atoms. The summed E-state index contributed by atoms with van der Waals surface area (Å²) in [6, 6.07) is 6.62. The zero-order valence-electron chi connectivity index (χ0n) is 15.8. The molecule has 3 rings (SSSR count).